The van der Waals surface area contributed by atoms with Gasteiger partial charge in [-0.25, -0.2) is 0 Å². The second-order valence-corrected chi connectivity index (χ2v) is 5.51. The van der Waals surface area contributed by atoms with Crippen LogP contribution in [0, 0.1) is 6.92 Å². The van der Waals surface area contributed by atoms with E-state index in [1.54, 1.807) is 26.1 Å². The van der Waals surface area contributed by atoms with Gasteiger partial charge in [0.05, 0.1) is 11.8 Å². The molecule has 0 radical (unpaired) electrons. The Balaban J connectivity index is 2.20. The van der Waals surface area contributed by atoms with Gasteiger partial charge in [0.2, 0.25) is 0 Å². The summed E-state index contributed by atoms with van der Waals surface area (Å²) >= 11 is 5.93. The number of halogens is 1. The first kappa shape index (κ1) is 16.1. The van der Waals surface area contributed by atoms with Crippen molar-refractivity contribution in [1.82, 2.24) is 4.90 Å². The van der Waals surface area contributed by atoms with E-state index in [0.29, 0.717) is 22.7 Å². The van der Waals surface area contributed by atoms with Crippen molar-refractivity contribution < 1.29 is 19.1 Å². The first-order chi connectivity index (χ1) is 10.4. The third-order valence-corrected chi connectivity index (χ3v) is 3.47. The fraction of sp³-hybridized carbons (Fsp3) is 0.250. The molecule has 1 aromatic carbocycles. The Morgan fingerprint density at radius 1 is 1.36 bits per heavy atom. The number of benzene rings is 1. The fourth-order valence-corrected chi connectivity index (χ4v) is 2.44. The minimum absolute atomic E-state index is 0.174. The van der Waals surface area contributed by atoms with Crippen molar-refractivity contribution in [3.63, 3.8) is 0 Å². The van der Waals surface area contributed by atoms with E-state index in [1.807, 2.05) is 12.1 Å². The number of furan rings is 1. The maximum absolute atomic E-state index is 12.6. The number of carboxylic acids is 1. The molecule has 0 saturated carbocycles. The summed E-state index contributed by atoms with van der Waals surface area (Å²) in [6, 6.07) is 7.23. The van der Waals surface area contributed by atoms with Crippen LogP contribution in [0.15, 0.2) is 34.9 Å². The average Bonchev–Trinajstić information content (AvgIpc) is 2.78. The van der Waals surface area contributed by atoms with E-state index in [2.05, 4.69) is 0 Å². The van der Waals surface area contributed by atoms with Crippen LogP contribution in [-0.2, 0) is 17.8 Å². The third-order valence-electron chi connectivity index (χ3n) is 3.23. The molecule has 22 heavy (non-hydrogen) atoms. The topological polar surface area (TPSA) is 70.7 Å². The molecule has 6 heteroatoms. The molecular formula is C16H16ClNO4. The molecule has 2 aromatic rings. The molecule has 1 heterocycles. The molecule has 0 unspecified atom stereocenters. The standard InChI is InChI=1S/C16H16ClNO4/c1-10-9-22-13(7-14(19)20)15(10)16(21)18(2)8-11-4-3-5-12(17)6-11/h3-6,9H,7-8H2,1-2H3,(H,19,20). The Bertz CT molecular complexity index is 708. The highest BCUT2D eigenvalue weighted by Gasteiger charge is 2.23. The number of carbonyl (C=O) groups excluding carboxylic acids is 1. The number of amides is 1. The highest BCUT2D eigenvalue weighted by molar-refractivity contribution is 6.30. The predicted octanol–water partition coefficient (Wildman–Crippen LogP) is 3.14. The van der Waals surface area contributed by atoms with Crippen molar-refractivity contribution in [2.75, 3.05) is 7.05 Å². The van der Waals surface area contributed by atoms with E-state index in [4.69, 9.17) is 21.1 Å². The molecule has 0 spiro atoms. The highest BCUT2D eigenvalue weighted by Crippen LogP contribution is 2.20. The zero-order valence-corrected chi connectivity index (χ0v) is 13.1. The van der Waals surface area contributed by atoms with Crippen molar-refractivity contribution >= 4 is 23.5 Å². The van der Waals surface area contributed by atoms with Gasteiger partial charge in [0.15, 0.2) is 0 Å². The molecule has 1 aromatic heterocycles. The van der Waals surface area contributed by atoms with E-state index in [9.17, 15) is 9.59 Å². The van der Waals surface area contributed by atoms with Crippen molar-refractivity contribution in [3.8, 4) is 0 Å². The van der Waals surface area contributed by atoms with Gasteiger partial charge in [-0.3, -0.25) is 9.59 Å². The van der Waals surface area contributed by atoms with Crippen LogP contribution in [0.2, 0.25) is 5.02 Å². The quantitative estimate of drug-likeness (QED) is 0.918. The molecule has 0 saturated heterocycles. The fourth-order valence-electron chi connectivity index (χ4n) is 2.22. The van der Waals surface area contributed by atoms with Gasteiger partial charge in [-0.05, 0) is 24.6 Å². The lowest BCUT2D eigenvalue weighted by molar-refractivity contribution is -0.136. The van der Waals surface area contributed by atoms with Gasteiger partial charge in [-0.2, -0.15) is 0 Å². The Kier molecular flexibility index (Phi) is 4.88. The van der Waals surface area contributed by atoms with Crippen LogP contribution in [0.25, 0.3) is 0 Å². The minimum atomic E-state index is -1.04. The van der Waals surface area contributed by atoms with Crippen LogP contribution in [0.5, 0.6) is 0 Å². The summed E-state index contributed by atoms with van der Waals surface area (Å²) in [6.45, 7) is 2.09. The van der Waals surface area contributed by atoms with Crippen molar-refractivity contribution in [3.05, 3.63) is 58.0 Å². The average molecular weight is 322 g/mol. The van der Waals surface area contributed by atoms with Crippen LogP contribution in [0.4, 0.5) is 0 Å². The minimum Gasteiger partial charge on any atom is -0.481 e. The van der Waals surface area contributed by atoms with Crippen LogP contribution < -0.4 is 0 Å². The number of nitrogens with zero attached hydrogens (tertiary/aromatic N) is 1. The maximum Gasteiger partial charge on any atom is 0.311 e. The summed E-state index contributed by atoms with van der Waals surface area (Å²) in [7, 11) is 1.65. The second-order valence-electron chi connectivity index (χ2n) is 5.08. The molecule has 1 N–H and O–H groups in total. The number of carbonyl (C=O) groups is 2. The van der Waals surface area contributed by atoms with Gasteiger partial charge in [-0.1, -0.05) is 23.7 Å². The Hall–Kier alpha value is -2.27. The SMILES string of the molecule is Cc1coc(CC(=O)O)c1C(=O)N(C)Cc1cccc(Cl)c1. The Labute approximate surface area is 133 Å². The molecule has 5 nitrogen and oxygen atoms in total. The van der Waals surface area contributed by atoms with E-state index in [-0.39, 0.29) is 18.1 Å². The number of rotatable bonds is 5. The van der Waals surface area contributed by atoms with E-state index in [1.165, 1.54) is 11.2 Å². The molecular weight excluding hydrogens is 306 g/mol. The summed E-state index contributed by atoms with van der Waals surface area (Å²) in [5.74, 6) is -1.14. The van der Waals surface area contributed by atoms with E-state index < -0.39 is 5.97 Å². The van der Waals surface area contributed by atoms with Gasteiger partial charge in [0.25, 0.3) is 5.91 Å². The van der Waals surface area contributed by atoms with Gasteiger partial charge in [-0.15, -0.1) is 0 Å². The maximum atomic E-state index is 12.6. The molecule has 2 rings (SSSR count). The van der Waals surface area contributed by atoms with Gasteiger partial charge in [0, 0.05) is 24.2 Å². The Morgan fingerprint density at radius 2 is 2.09 bits per heavy atom. The van der Waals surface area contributed by atoms with Gasteiger partial charge < -0.3 is 14.4 Å². The lowest BCUT2D eigenvalue weighted by Crippen LogP contribution is -2.27. The molecule has 1 amide bonds. The smallest absolute Gasteiger partial charge is 0.311 e. The largest absolute Gasteiger partial charge is 0.481 e. The van der Waals surface area contributed by atoms with E-state index >= 15 is 0 Å². The molecule has 116 valence electrons. The number of carboxylic acid groups (broad SMARTS) is 1. The molecule has 0 aliphatic heterocycles. The van der Waals surface area contributed by atoms with Crippen LogP contribution in [0.1, 0.15) is 27.2 Å². The summed E-state index contributed by atoms with van der Waals surface area (Å²) in [5.41, 5.74) is 1.83. The number of hydrogen-bond acceptors (Lipinski definition) is 3. The van der Waals surface area contributed by atoms with Gasteiger partial charge in [0.1, 0.15) is 12.2 Å². The monoisotopic (exact) mass is 321 g/mol. The molecule has 0 bridgehead atoms. The molecule has 0 fully saturated rings. The first-order valence-electron chi connectivity index (χ1n) is 6.67. The third kappa shape index (κ3) is 3.68. The number of aliphatic carboxylic acids is 1. The molecule has 0 aliphatic carbocycles. The lowest BCUT2D eigenvalue weighted by atomic mass is 10.1. The summed E-state index contributed by atoms with van der Waals surface area (Å²) in [5, 5.41) is 9.49. The summed E-state index contributed by atoms with van der Waals surface area (Å²) in [6.07, 6.45) is 1.08. The van der Waals surface area contributed by atoms with Crippen molar-refractivity contribution in [2.45, 2.75) is 19.9 Å². The predicted molar refractivity (Wildman–Crippen MR) is 82.0 cm³/mol. The second kappa shape index (κ2) is 6.66. The van der Waals surface area contributed by atoms with E-state index in [0.717, 1.165) is 5.56 Å². The Morgan fingerprint density at radius 3 is 2.73 bits per heavy atom. The van der Waals surface area contributed by atoms with Crippen LogP contribution in [0.3, 0.4) is 0 Å². The zero-order chi connectivity index (χ0) is 16.3. The molecule has 0 aliphatic rings. The number of aryl methyl sites for hydroxylation is 1. The lowest BCUT2D eigenvalue weighted by Gasteiger charge is -2.18. The van der Waals surface area contributed by atoms with Crippen LogP contribution in [-0.4, -0.2) is 28.9 Å². The summed E-state index contributed by atoms with van der Waals surface area (Å²) < 4.78 is 5.20. The number of hydrogen-bond donors (Lipinski definition) is 1. The normalized spacial score (nSPS) is 10.5. The van der Waals surface area contributed by atoms with Crippen molar-refractivity contribution in [2.24, 2.45) is 0 Å². The van der Waals surface area contributed by atoms with Crippen molar-refractivity contribution in [1.29, 1.82) is 0 Å². The van der Waals surface area contributed by atoms with Crippen LogP contribution >= 0.6 is 11.6 Å². The molecule has 0 atom stereocenters. The zero-order valence-electron chi connectivity index (χ0n) is 12.3. The first-order valence-corrected chi connectivity index (χ1v) is 7.05. The van der Waals surface area contributed by atoms with Gasteiger partial charge >= 0.3 is 5.97 Å². The summed E-state index contributed by atoms with van der Waals surface area (Å²) in [4.78, 5) is 24.9. The highest BCUT2D eigenvalue weighted by atomic mass is 35.5.